The number of benzene rings is 1. The van der Waals surface area contributed by atoms with Crippen LogP contribution in [-0.4, -0.2) is 13.1 Å². The molecule has 0 bridgehead atoms. The van der Waals surface area contributed by atoms with Gasteiger partial charge in [0.2, 0.25) is 0 Å². The minimum Gasteiger partial charge on any atom is -0.317 e. The molecule has 0 amide bonds. The Balaban J connectivity index is 1.85. The van der Waals surface area contributed by atoms with Crippen LogP contribution in [0.15, 0.2) is 24.3 Å². The Kier molecular flexibility index (Phi) is 3.79. The van der Waals surface area contributed by atoms with Gasteiger partial charge in [0.25, 0.3) is 0 Å². The summed E-state index contributed by atoms with van der Waals surface area (Å²) in [7, 11) is 0. The Labute approximate surface area is 92.9 Å². The highest BCUT2D eigenvalue weighted by Gasteiger charge is 2.20. The lowest BCUT2D eigenvalue weighted by molar-refractivity contribution is 0.562. The summed E-state index contributed by atoms with van der Waals surface area (Å²) in [6, 6.07) is 8.94. The molecule has 1 aromatic carbocycles. The third-order valence-corrected chi connectivity index (χ3v) is 3.35. The van der Waals surface area contributed by atoms with E-state index in [0.29, 0.717) is 0 Å². The summed E-state index contributed by atoms with van der Waals surface area (Å²) in [5.74, 6) is 0.811. The van der Waals surface area contributed by atoms with E-state index >= 15 is 0 Å². The quantitative estimate of drug-likeness (QED) is 0.725. The molecule has 1 atom stereocenters. The van der Waals surface area contributed by atoms with Gasteiger partial charge in [-0.05, 0) is 55.8 Å². The zero-order valence-electron chi connectivity index (χ0n) is 9.63. The van der Waals surface area contributed by atoms with E-state index in [1.165, 1.54) is 32.2 Å². The summed E-state index contributed by atoms with van der Waals surface area (Å²) in [6.07, 6.45) is 5.18. The number of rotatable bonds is 5. The Morgan fingerprint density at radius 1 is 1.27 bits per heavy atom. The Morgan fingerprint density at radius 2 is 2.13 bits per heavy atom. The standard InChI is InChI=1S/C14H21N/c1-2-10-15-11-9-13-8-7-12-5-3-4-6-14(12)13/h3-6,13,15H,2,7-11H2,1H3/t13-/m0/s1. The maximum atomic E-state index is 3.49. The molecule has 1 aromatic rings. The highest BCUT2D eigenvalue weighted by molar-refractivity contribution is 5.34. The van der Waals surface area contributed by atoms with Crippen LogP contribution in [0.4, 0.5) is 0 Å². The Bertz CT molecular complexity index is 306. The predicted molar refractivity (Wildman–Crippen MR) is 65.3 cm³/mol. The smallest absolute Gasteiger partial charge is 0.00431 e. The second kappa shape index (κ2) is 5.32. The minimum atomic E-state index is 0.811. The van der Waals surface area contributed by atoms with E-state index in [0.717, 1.165) is 12.5 Å². The molecule has 1 heteroatoms. The van der Waals surface area contributed by atoms with Crippen molar-refractivity contribution in [3.63, 3.8) is 0 Å². The van der Waals surface area contributed by atoms with Crippen molar-refractivity contribution in [1.29, 1.82) is 0 Å². The molecule has 1 N–H and O–H groups in total. The van der Waals surface area contributed by atoms with Gasteiger partial charge in [0, 0.05) is 0 Å². The first-order chi connectivity index (χ1) is 7.42. The molecular formula is C14H21N. The van der Waals surface area contributed by atoms with Gasteiger partial charge in [0.05, 0.1) is 0 Å². The van der Waals surface area contributed by atoms with Crippen LogP contribution >= 0.6 is 0 Å². The van der Waals surface area contributed by atoms with E-state index < -0.39 is 0 Å². The molecule has 0 heterocycles. The van der Waals surface area contributed by atoms with Crippen molar-refractivity contribution >= 4 is 0 Å². The van der Waals surface area contributed by atoms with Crippen molar-refractivity contribution in [2.75, 3.05) is 13.1 Å². The van der Waals surface area contributed by atoms with Gasteiger partial charge in [-0.25, -0.2) is 0 Å². The normalized spacial score (nSPS) is 19.1. The highest BCUT2D eigenvalue weighted by atomic mass is 14.8. The molecule has 2 rings (SSSR count). The van der Waals surface area contributed by atoms with Crippen LogP contribution in [0.1, 0.15) is 43.2 Å². The highest BCUT2D eigenvalue weighted by Crippen LogP contribution is 2.34. The van der Waals surface area contributed by atoms with E-state index in [1.807, 2.05) is 0 Å². The van der Waals surface area contributed by atoms with Crippen molar-refractivity contribution in [2.45, 2.75) is 38.5 Å². The summed E-state index contributed by atoms with van der Waals surface area (Å²) in [4.78, 5) is 0. The van der Waals surface area contributed by atoms with Gasteiger partial charge in [-0.1, -0.05) is 31.2 Å². The maximum absolute atomic E-state index is 3.49. The predicted octanol–water partition coefficient (Wildman–Crippen LogP) is 3.11. The van der Waals surface area contributed by atoms with Gasteiger partial charge in [-0.15, -0.1) is 0 Å². The summed E-state index contributed by atoms with van der Waals surface area (Å²) >= 11 is 0. The molecule has 15 heavy (non-hydrogen) atoms. The fourth-order valence-corrected chi connectivity index (χ4v) is 2.52. The van der Waals surface area contributed by atoms with Gasteiger partial charge < -0.3 is 5.32 Å². The zero-order chi connectivity index (χ0) is 10.5. The molecule has 1 nitrogen and oxygen atoms in total. The van der Waals surface area contributed by atoms with Gasteiger partial charge in [0.1, 0.15) is 0 Å². The van der Waals surface area contributed by atoms with Crippen LogP contribution in [0.5, 0.6) is 0 Å². The third kappa shape index (κ3) is 2.60. The van der Waals surface area contributed by atoms with Crippen molar-refractivity contribution in [1.82, 2.24) is 5.32 Å². The maximum Gasteiger partial charge on any atom is -0.00431 e. The van der Waals surface area contributed by atoms with Crippen LogP contribution in [0.3, 0.4) is 0 Å². The lowest BCUT2D eigenvalue weighted by Gasteiger charge is -2.11. The number of hydrogen-bond acceptors (Lipinski definition) is 1. The molecule has 0 radical (unpaired) electrons. The zero-order valence-corrected chi connectivity index (χ0v) is 9.63. The lowest BCUT2D eigenvalue weighted by Crippen LogP contribution is -2.17. The van der Waals surface area contributed by atoms with E-state index in [-0.39, 0.29) is 0 Å². The molecule has 1 aliphatic rings. The second-order valence-electron chi connectivity index (χ2n) is 4.47. The molecular weight excluding hydrogens is 182 g/mol. The number of fused-ring (bicyclic) bond motifs is 1. The number of hydrogen-bond donors (Lipinski definition) is 1. The molecule has 0 spiro atoms. The summed E-state index contributed by atoms with van der Waals surface area (Å²) < 4.78 is 0. The molecule has 0 aliphatic heterocycles. The molecule has 0 fully saturated rings. The summed E-state index contributed by atoms with van der Waals surface area (Å²) in [5.41, 5.74) is 3.19. The summed E-state index contributed by atoms with van der Waals surface area (Å²) in [5, 5.41) is 3.49. The Hall–Kier alpha value is -0.820. The first kappa shape index (κ1) is 10.7. The first-order valence-electron chi connectivity index (χ1n) is 6.20. The topological polar surface area (TPSA) is 12.0 Å². The summed E-state index contributed by atoms with van der Waals surface area (Å²) in [6.45, 7) is 4.55. The van der Waals surface area contributed by atoms with Crippen LogP contribution in [0.2, 0.25) is 0 Å². The van der Waals surface area contributed by atoms with E-state index in [2.05, 4.69) is 36.5 Å². The van der Waals surface area contributed by atoms with Crippen LogP contribution in [0.25, 0.3) is 0 Å². The monoisotopic (exact) mass is 203 g/mol. The van der Waals surface area contributed by atoms with Crippen molar-refractivity contribution in [3.8, 4) is 0 Å². The number of nitrogens with one attached hydrogen (secondary N) is 1. The van der Waals surface area contributed by atoms with Gasteiger partial charge in [-0.3, -0.25) is 0 Å². The SMILES string of the molecule is CCCNCC[C@@H]1CCc2ccccc21. The van der Waals surface area contributed by atoms with E-state index in [4.69, 9.17) is 0 Å². The second-order valence-corrected chi connectivity index (χ2v) is 4.47. The molecule has 0 saturated heterocycles. The average molecular weight is 203 g/mol. The largest absolute Gasteiger partial charge is 0.317 e. The van der Waals surface area contributed by atoms with E-state index in [9.17, 15) is 0 Å². The Morgan fingerprint density at radius 3 is 3.00 bits per heavy atom. The van der Waals surface area contributed by atoms with Crippen molar-refractivity contribution in [2.24, 2.45) is 0 Å². The first-order valence-corrected chi connectivity index (χ1v) is 6.20. The fraction of sp³-hybridized carbons (Fsp3) is 0.571. The van der Waals surface area contributed by atoms with Crippen LogP contribution in [0, 0.1) is 0 Å². The van der Waals surface area contributed by atoms with Gasteiger partial charge in [0.15, 0.2) is 0 Å². The molecule has 1 aliphatic carbocycles. The van der Waals surface area contributed by atoms with Crippen LogP contribution in [-0.2, 0) is 6.42 Å². The molecule has 0 saturated carbocycles. The fourth-order valence-electron chi connectivity index (χ4n) is 2.52. The van der Waals surface area contributed by atoms with E-state index in [1.54, 1.807) is 11.1 Å². The minimum absolute atomic E-state index is 0.811. The van der Waals surface area contributed by atoms with Crippen molar-refractivity contribution < 1.29 is 0 Å². The molecule has 82 valence electrons. The van der Waals surface area contributed by atoms with Crippen LogP contribution < -0.4 is 5.32 Å². The van der Waals surface area contributed by atoms with Gasteiger partial charge >= 0.3 is 0 Å². The van der Waals surface area contributed by atoms with Crippen molar-refractivity contribution in [3.05, 3.63) is 35.4 Å². The molecule has 0 unspecified atom stereocenters. The molecule has 0 aromatic heterocycles. The lowest BCUT2D eigenvalue weighted by atomic mass is 9.98. The number of aryl methyl sites for hydroxylation is 1. The average Bonchev–Trinajstić information content (AvgIpc) is 2.68. The third-order valence-electron chi connectivity index (χ3n) is 3.35. The van der Waals surface area contributed by atoms with Gasteiger partial charge in [-0.2, -0.15) is 0 Å².